The van der Waals surface area contributed by atoms with Crippen molar-refractivity contribution in [2.45, 2.75) is 52.5 Å². The number of oxazole rings is 1. The first-order valence-corrected chi connectivity index (χ1v) is 8.70. The molecule has 0 saturated carbocycles. The number of carbonyl (C=O) groups is 1. The zero-order valence-electron chi connectivity index (χ0n) is 15.6. The van der Waals surface area contributed by atoms with E-state index in [1.807, 2.05) is 37.3 Å². The Morgan fingerprint density at radius 1 is 1.24 bits per heavy atom. The van der Waals surface area contributed by atoms with Gasteiger partial charge < -0.3 is 14.4 Å². The zero-order valence-corrected chi connectivity index (χ0v) is 15.6. The van der Waals surface area contributed by atoms with Gasteiger partial charge in [0, 0.05) is 31.3 Å². The van der Waals surface area contributed by atoms with Crippen molar-refractivity contribution in [3.8, 4) is 0 Å². The lowest BCUT2D eigenvalue weighted by molar-refractivity contribution is -0.132. The molecule has 136 valence electrons. The second-order valence-corrected chi connectivity index (χ2v) is 7.30. The number of hydrogen-bond donors (Lipinski definition) is 1. The summed E-state index contributed by atoms with van der Waals surface area (Å²) < 4.78 is 5.86. The maximum atomic E-state index is 12.6. The van der Waals surface area contributed by atoms with Gasteiger partial charge in [0.1, 0.15) is 5.76 Å². The van der Waals surface area contributed by atoms with Crippen LogP contribution in [0.1, 0.15) is 50.1 Å². The Morgan fingerprint density at radius 3 is 2.48 bits per heavy atom. The van der Waals surface area contributed by atoms with Crippen LogP contribution in [0.5, 0.6) is 0 Å². The van der Waals surface area contributed by atoms with Gasteiger partial charge in [0.15, 0.2) is 5.89 Å². The second-order valence-electron chi connectivity index (χ2n) is 7.30. The first-order chi connectivity index (χ1) is 11.8. The topological polar surface area (TPSA) is 66.6 Å². The molecule has 2 aromatic rings. The van der Waals surface area contributed by atoms with E-state index in [0.717, 1.165) is 17.0 Å². The summed E-state index contributed by atoms with van der Waals surface area (Å²) in [5.74, 6) is 1.47. The highest BCUT2D eigenvalue weighted by molar-refractivity contribution is 5.76. The third-order valence-electron chi connectivity index (χ3n) is 4.04. The van der Waals surface area contributed by atoms with Crippen LogP contribution in [0.3, 0.4) is 0 Å². The smallest absolute Gasteiger partial charge is 0.223 e. The third-order valence-corrected chi connectivity index (χ3v) is 4.04. The van der Waals surface area contributed by atoms with E-state index >= 15 is 0 Å². The normalized spacial score (nSPS) is 11.6. The van der Waals surface area contributed by atoms with E-state index in [9.17, 15) is 9.90 Å². The lowest BCUT2D eigenvalue weighted by Crippen LogP contribution is -2.33. The molecule has 1 amide bonds. The summed E-state index contributed by atoms with van der Waals surface area (Å²) in [7, 11) is 0. The highest BCUT2D eigenvalue weighted by atomic mass is 16.4. The molecular formula is C20H28N2O3. The summed E-state index contributed by atoms with van der Waals surface area (Å²) in [6.45, 7) is 8.85. The van der Waals surface area contributed by atoms with Crippen LogP contribution < -0.4 is 0 Å². The number of aromatic nitrogens is 1. The highest BCUT2D eigenvalue weighted by Crippen LogP contribution is 2.24. The fourth-order valence-corrected chi connectivity index (χ4v) is 2.58. The Hall–Kier alpha value is -2.14. The van der Waals surface area contributed by atoms with Crippen molar-refractivity contribution in [1.82, 2.24) is 9.88 Å². The largest absolute Gasteiger partial charge is 0.445 e. The summed E-state index contributed by atoms with van der Waals surface area (Å²) in [6.07, 6.45) is 0.858. The molecule has 1 N–H and O–H groups in total. The predicted octanol–water partition coefficient (Wildman–Crippen LogP) is 3.23. The molecular weight excluding hydrogens is 316 g/mol. The fraction of sp³-hybridized carbons (Fsp3) is 0.500. The number of rotatable bonds is 7. The Balaban J connectivity index is 2.00. The van der Waals surface area contributed by atoms with Gasteiger partial charge in [0.2, 0.25) is 5.91 Å². The van der Waals surface area contributed by atoms with Crippen LogP contribution in [0.4, 0.5) is 0 Å². The molecule has 0 spiro atoms. The Kier molecular flexibility index (Phi) is 6.37. The molecule has 5 heteroatoms. The molecule has 0 atom stereocenters. The summed E-state index contributed by atoms with van der Waals surface area (Å²) in [6, 6.07) is 9.80. The summed E-state index contributed by atoms with van der Waals surface area (Å²) in [4.78, 5) is 18.7. The molecule has 25 heavy (non-hydrogen) atoms. The Labute approximate surface area is 149 Å². The van der Waals surface area contributed by atoms with E-state index in [1.165, 1.54) is 0 Å². The lowest BCUT2D eigenvalue weighted by Gasteiger charge is -2.21. The van der Waals surface area contributed by atoms with Crippen LogP contribution in [0.25, 0.3) is 0 Å². The van der Waals surface area contributed by atoms with Gasteiger partial charge in [-0.15, -0.1) is 0 Å². The first-order valence-electron chi connectivity index (χ1n) is 8.70. The van der Waals surface area contributed by atoms with Gasteiger partial charge in [0.25, 0.3) is 0 Å². The average Bonchev–Trinajstić information content (AvgIpc) is 2.94. The minimum absolute atomic E-state index is 0.00557. The average molecular weight is 344 g/mol. The number of benzene rings is 1. The van der Waals surface area contributed by atoms with Gasteiger partial charge in [-0.3, -0.25) is 4.79 Å². The zero-order chi connectivity index (χ0) is 18.4. The number of nitrogens with zero attached hydrogens (tertiary/aromatic N) is 2. The van der Waals surface area contributed by atoms with Crippen molar-refractivity contribution < 1.29 is 14.3 Å². The molecule has 0 saturated heterocycles. The number of carbonyl (C=O) groups excluding carboxylic acids is 1. The first kappa shape index (κ1) is 19.2. The van der Waals surface area contributed by atoms with Crippen molar-refractivity contribution in [3.63, 3.8) is 0 Å². The number of amides is 1. The van der Waals surface area contributed by atoms with Crippen LogP contribution in [0.15, 0.2) is 34.7 Å². The Morgan fingerprint density at radius 2 is 1.92 bits per heavy atom. The number of aliphatic hydroxyl groups excluding tert-OH is 1. The molecule has 2 rings (SSSR count). The molecule has 0 radical (unpaired) electrons. The number of aliphatic hydroxyl groups is 1. The van der Waals surface area contributed by atoms with Gasteiger partial charge >= 0.3 is 0 Å². The summed E-state index contributed by atoms with van der Waals surface area (Å²) in [5, 5.41) is 9.26. The molecule has 1 aromatic carbocycles. The minimum Gasteiger partial charge on any atom is -0.445 e. The molecule has 1 heterocycles. The van der Waals surface area contributed by atoms with E-state index < -0.39 is 0 Å². The molecule has 0 unspecified atom stereocenters. The predicted molar refractivity (Wildman–Crippen MR) is 97.2 cm³/mol. The lowest BCUT2D eigenvalue weighted by atomic mass is 9.97. The van der Waals surface area contributed by atoms with Crippen LogP contribution in [-0.2, 0) is 23.2 Å². The van der Waals surface area contributed by atoms with Crippen LogP contribution in [0.2, 0.25) is 0 Å². The molecule has 0 bridgehead atoms. The van der Waals surface area contributed by atoms with Crippen LogP contribution >= 0.6 is 0 Å². The highest BCUT2D eigenvalue weighted by Gasteiger charge is 2.23. The van der Waals surface area contributed by atoms with Crippen LogP contribution in [-0.4, -0.2) is 34.0 Å². The number of aryl methyl sites for hydroxylation is 2. The van der Waals surface area contributed by atoms with E-state index in [2.05, 4.69) is 25.8 Å². The quantitative estimate of drug-likeness (QED) is 0.837. The molecule has 1 aromatic heterocycles. The van der Waals surface area contributed by atoms with Crippen molar-refractivity contribution >= 4 is 5.91 Å². The maximum Gasteiger partial charge on any atom is 0.223 e. The number of hydrogen-bond acceptors (Lipinski definition) is 4. The standard InChI is InChI=1S/C20H28N2O3/c1-15-17(25-19(21-15)20(2,3)4)10-11-18(24)22(12-13-23)14-16-8-6-5-7-9-16/h5-9,23H,10-14H2,1-4H3. The van der Waals surface area contributed by atoms with Gasteiger partial charge in [-0.2, -0.15) is 0 Å². The molecule has 0 aliphatic rings. The van der Waals surface area contributed by atoms with Gasteiger partial charge in [-0.1, -0.05) is 51.1 Å². The summed E-state index contributed by atoms with van der Waals surface area (Å²) >= 11 is 0. The van der Waals surface area contributed by atoms with Crippen molar-refractivity contribution in [2.24, 2.45) is 0 Å². The monoisotopic (exact) mass is 344 g/mol. The van der Waals surface area contributed by atoms with Gasteiger partial charge in [-0.25, -0.2) is 4.98 Å². The van der Waals surface area contributed by atoms with E-state index in [0.29, 0.717) is 31.8 Å². The minimum atomic E-state index is -0.150. The SMILES string of the molecule is Cc1nc(C(C)(C)C)oc1CCC(=O)N(CCO)Cc1ccccc1. The summed E-state index contributed by atoms with van der Waals surface area (Å²) in [5.41, 5.74) is 1.74. The van der Waals surface area contributed by atoms with Crippen LogP contribution in [0, 0.1) is 6.92 Å². The van der Waals surface area contributed by atoms with Crippen molar-refractivity contribution in [3.05, 3.63) is 53.2 Å². The molecule has 0 aliphatic carbocycles. The molecule has 5 nitrogen and oxygen atoms in total. The molecule has 0 fully saturated rings. The Bertz CT molecular complexity index is 687. The van der Waals surface area contributed by atoms with E-state index in [-0.39, 0.29) is 17.9 Å². The molecule has 0 aliphatic heterocycles. The maximum absolute atomic E-state index is 12.6. The van der Waals surface area contributed by atoms with Crippen molar-refractivity contribution in [2.75, 3.05) is 13.2 Å². The van der Waals surface area contributed by atoms with Gasteiger partial charge in [0.05, 0.1) is 12.3 Å². The van der Waals surface area contributed by atoms with E-state index in [4.69, 9.17) is 4.42 Å². The van der Waals surface area contributed by atoms with Gasteiger partial charge in [-0.05, 0) is 12.5 Å². The second kappa shape index (κ2) is 8.30. The fourth-order valence-electron chi connectivity index (χ4n) is 2.58. The third kappa shape index (κ3) is 5.43. The van der Waals surface area contributed by atoms with Crippen molar-refractivity contribution in [1.29, 1.82) is 0 Å². The van der Waals surface area contributed by atoms with E-state index in [1.54, 1.807) is 4.90 Å².